The van der Waals surface area contributed by atoms with E-state index in [9.17, 15) is 0 Å². The number of nitrogen functional groups attached to an aromatic ring is 1. The molecule has 2 rings (SSSR count). The Balaban J connectivity index is 2.25. The molecule has 1 saturated heterocycles. The molecule has 0 amide bonds. The van der Waals surface area contributed by atoms with Gasteiger partial charge in [-0.25, -0.2) is 4.98 Å². The lowest BCUT2D eigenvalue weighted by Crippen LogP contribution is -2.45. The Labute approximate surface area is 101 Å². The minimum atomic E-state index is 0.0787. The number of nitrogens with two attached hydrogens (primary N) is 1. The van der Waals surface area contributed by atoms with Gasteiger partial charge in [-0.05, 0) is 18.6 Å². The van der Waals surface area contributed by atoms with Gasteiger partial charge in [0.05, 0.1) is 19.3 Å². The molecule has 1 aliphatic heterocycles. The third-order valence-corrected chi connectivity index (χ3v) is 3.05. The third kappa shape index (κ3) is 2.55. The van der Waals surface area contributed by atoms with E-state index in [0.717, 1.165) is 37.6 Å². The van der Waals surface area contributed by atoms with Crippen molar-refractivity contribution in [2.75, 3.05) is 24.7 Å². The number of amidine groups is 1. The lowest BCUT2D eigenvalue weighted by atomic mass is 10.1. The van der Waals surface area contributed by atoms with Gasteiger partial charge < -0.3 is 15.4 Å². The van der Waals surface area contributed by atoms with Crippen LogP contribution in [0.1, 0.15) is 18.9 Å². The molecule has 1 atom stereocenters. The first-order valence-corrected chi connectivity index (χ1v) is 5.87. The largest absolute Gasteiger partial charge is 0.384 e. The fourth-order valence-electron chi connectivity index (χ4n) is 2.04. The van der Waals surface area contributed by atoms with Crippen LogP contribution >= 0.6 is 0 Å². The minimum Gasteiger partial charge on any atom is -0.384 e. The molecule has 0 spiro atoms. The molecule has 5 heteroatoms. The number of hydrogen-bond donors (Lipinski definition) is 2. The van der Waals surface area contributed by atoms with Crippen LogP contribution in [0.25, 0.3) is 0 Å². The number of aromatic nitrogens is 1. The highest BCUT2D eigenvalue weighted by atomic mass is 16.5. The maximum Gasteiger partial charge on any atom is 0.129 e. The zero-order valence-electron chi connectivity index (χ0n) is 10.0. The molecule has 2 heterocycles. The van der Waals surface area contributed by atoms with Crippen LogP contribution in [-0.4, -0.2) is 36.6 Å². The maximum atomic E-state index is 7.45. The number of ether oxygens (including phenoxy) is 1. The van der Waals surface area contributed by atoms with Crippen LogP contribution in [0.15, 0.2) is 18.3 Å². The topological polar surface area (TPSA) is 75.2 Å². The van der Waals surface area contributed by atoms with Crippen LogP contribution in [0.4, 0.5) is 5.82 Å². The monoisotopic (exact) mass is 234 g/mol. The Kier molecular flexibility index (Phi) is 3.58. The van der Waals surface area contributed by atoms with E-state index in [4.69, 9.17) is 15.9 Å². The molecule has 5 nitrogen and oxygen atoms in total. The number of nitrogens with one attached hydrogen (secondary N) is 1. The van der Waals surface area contributed by atoms with E-state index in [-0.39, 0.29) is 5.84 Å². The fourth-order valence-corrected chi connectivity index (χ4v) is 2.04. The van der Waals surface area contributed by atoms with Gasteiger partial charge in [-0.1, -0.05) is 6.92 Å². The Morgan fingerprint density at radius 1 is 1.71 bits per heavy atom. The summed E-state index contributed by atoms with van der Waals surface area (Å²) < 4.78 is 5.47. The highest BCUT2D eigenvalue weighted by Crippen LogP contribution is 2.19. The van der Waals surface area contributed by atoms with E-state index in [1.165, 1.54) is 0 Å². The van der Waals surface area contributed by atoms with Gasteiger partial charge in [-0.15, -0.1) is 0 Å². The molecule has 0 radical (unpaired) electrons. The highest BCUT2D eigenvalue weighted by molar-refractivity contribution is 5.95. The predicted molar refractivity (Wildman–Crippen MR) is 67.5 cm³/mol. The summed E-state index contributed by atoms with van der Waals surface area (Å²) in [6, 6.07) is 3.99. The molecule has 1 fully saturated rings. The average molecular weight is 234 g/mol. The van der Waals surface area contributed by atoms with Gasteiger partial charge >= 0.3 is 0 Å². The summed E-state index contributed by atoms with van der Waals surface area (Å²) in [4.78, 5) is 6.59. The van der Waals surface area contributed by atoms with Crippen LogP contribution < -0.4 is 10.6 Å². The normalized spacial score (nSPS) is 20.3. The van der Waals surface area contributed by atoms with Gasteiger partial charge in [-0.3, -0.25) is 5.41 Å². The summed E-state index contributed by atoms with van der Waals surface area (Å²) in [5.74, 6) is 0.961. The molecule has 0 saturated carbocycles. The fraction of sp³-hybridized carbons (Fsp3) is 0.500. The average Bonchev–Trinajstić information content (AvgIpc) is 2.39. The van der Waals surface area contributed by atoms with E-state index >= 15 is 0 Å². The van der Waals surface area contributed by atoms with Gasteiger partial charge in [0.15, 0.2) is 0 Å². The Bertz CT molecular complexity index is 407. The van der Waals surface area contributed by atoms with Crippen molar-refractivity contribution in [2.24, 2.45) is 5.73 Å². The van der Waals surface area contributed by atoms with Crippen LogP contribution in [0.2, 0.25) is 0 Å². The number of nitrogens with zero attached hydrogens (tertiary/aromatic N) is 2. The van der Waals surface area contributed by atoms with E-state index in [0.29, 0.717) is 6.04 Å². The maximum absolute atomic E-state index is 7.45. The lowest BCUT2D eigenvalue weighted by molar-refractivity contribution is 0.0926. The summed E-state index contributed by atoms with van der Waals surface area (Å²) in [6.45, 7) is 4.44. The van der Waals surface area contributed by atoms with Crippen molar-refractivity contribution in [3.63, 3.8) is 0 Å². The van der Waals surface area contributed by atoms with Gasteiger partial charge in [0.1, 0.15) is 11.7 Å². The SMILES string of the molecule is CCC1COCCN1c1cc(C(=N)N)ccn1. The number of anilines is 1. The minimum absolute atomic E-state index is 0.0787. The molecule has 1 aromatic rings. The Hall–Kier alpha value is -1.62. The van der Waals surface area contributed by atoms with E-state index in [1.54, 1.807) is 12.3 Å². The first-order valence-electron chi connectivity index (χ1n) is 5.87. The van der Waals surface area contributed by atoms with Crippen molar-refractivity contribution in [1.82, 2.24) is 4.98 Å². The predicted octanol–water partition coefficient (Wildman–Crippen LogP) is 0.981. The quantitative estimate of drug-likeness (QED) is 0.604. The first-order chi connectivity index (χ1) is 8.22. The molecule has 1 aliphatic rings. The second-order valence-electron chi connectivity index (χ2n) is 4.15. The zero-order chi connectivity index (χ0) is 12.3. The van der Waals surface area contributed by atoms with Crippen LogP contribution in [0.3, 0.4) is 0 Å². The van der Waals surface area contributed by atoms with Gasteiger partial charge in [0, 0.05) is 18.3 Å². The van der Waals surface area contributed by atoms with Gasteiger partial charge in [0.2, 0.25) is 0 Å². The Morgan fingerprint density at radius 2 is 2.53 bits per heavy atom. The second-order valence-corrected chi connectivity index (χ2v) is 4.15. The molecule has 1 unspecified atom stereocenters. The van der Waals surface area contributed by atoms with Crippen LogP contribution in [0, 0.1) is 5.41 Å². The molecule has 17 heavy (non-hydrogen) atoms. The van der Waals surface area contributed by atoms with E-state index < -0.39 is 0 Å². The molecule has 0 aliphatic carbocycles. The standard InChI is InChI=1S/C12H18N4O/c1-2-10-8-17-6-5-16(10)11-7-9(12(13)14)3-4-15-11/h3-4,7,10H,2,5-6,8H2,1H3,(H3,13,14). The zero-order valence-corrected chi connectivity index (χ0v) is 10.0. The van der Waals surface area contributed by atoms with Crippen molar-refractivity contribution >= 4 is 11.7 Å². The summed E-state index contributed by atoms with van der Waals surface area (Å²) in [5.41, 5.74) is 6.21. The summed E-state index contributed by atoms with van der Waals surface area (Å²) >= 11 is 0. The lowest BCUT2D eigenvalue weighted by Gasteiger charge is -2.36. The summed E-state index contributed by atoms with van der Waals surface area (Å²) in [6.07, 6.45) is 2.72. The molecular weight excluding hydrogens is 216 g/mol. The van der Waals surface area contributed by atoms with Crippen LogP contribution in [0.5, 0.6) is 0 Å². The molecule has 0 bridgehead atoms. The van der Waals surface area contributed by atoms with Crippen molar-refractivity contribution in [3.05, 3.63) is 23.9 Å². The highest BCUT2D eigenvalue weighted by Gasteiger charge is 2.22. The van der Waals surface area contributed by atoms with Crippen molar-refractivity contribution in [3.8, 4) is 0 Å². The van der Waals surface area contributed by atoms with E-state index in [2.05, 4.69) is 16.8 Å². The molecular formula is C12H18N4O. The molecule has 1 aromatic heterocycles. The van der Waals surface area contributed by atoms with Crippen LogP contribution in [-0.2, 0) is 4.74 Å². The first kappa shape index (κ1) is 11.9. The third-order valence-electron chi connectivity index (χ3n) is 3.05. The Morgan fingerprint density at radius 3 is 3.24 bits per heavy atom. The molecule has 0 aromatic carbocycles. The van der Waals surface area contributed by atoms with Crippen molar-refractivity contribution in [2.45, 2.75) is 19.4 Å². The smallest absolute Gasteiger partial charge is 0.129 e. The number of morpholine rings is 1. The summed E-state index contributed by atoms with van der Waals surface area (Å²) in [5, 5.41) is 7.45. The molecule has 3 N–H and O–H groups in total. The van der Waals surface area contributed by atoms with Crippen molar-refractivity contribution < 1.29 is 4.74 Å². The number of pyridine rings is 1. The van der Waals surface area contributed by atoms with Gasteiger partial charge in [0.25, 0.3) is 0 Å². The number of hydrogen-bond acceptors (Lipinski definition) is 4. The summed E-state index contributed by atoms with van der Waals surface area (Å²) in [7, 11) is 0. The second kappa shape index (κ2) is 5.14. The van der Waals surface area contributed by atoms with E-state index in [1.807, 2.05) is 6.07 Å². The number of rotatable bonds is 3. The van der Waals surface area contributed by atoms with Crippen molar-refractivity contribution in [1.29, 1.82) is 5.41 Å². The molecule has 92 valence electrons. The van der Waals surface area contributed by atoms with Gasteiger partial charge in [-0.2, -0.15) is 0 Å².